The van der Waals surface area contributed by atoms with Crippen LogP contribution in [0.1, 0.15) is 91.9 Å². The fraction of sp³-hybridized carbons (Fsp3) is 0.958. The molecule has 0 N–H and O–H groups in total. The van der Waals surface area contributed by atoms with Gasteiger partial charge in [-0.15, -0.1) is 0 Å². The zero-order valence-corrected chi connectivity index (χ0v) is 17.6. The predicted molar refractivity (Wildman–Crippen MR) is 106 cm³/mol. The molecule has 0 bridgehead atoms. The lowest BCUT2D eigenvalue weighted by molar-refractivity contribution is -0.146. The molecule has 2 nitrogen and oxygen atoms in total. The van der Waals surface area contributed by atoms with E-state index < -0.39 is 0 Å². The minimum absolute atomic E-state index is 0.0414. The first-order valence-corrected chi connectivity index (χ1v) is 11.5. The van der Waals surface area contributed by atoms with Crippen LogP contribution >= 0.6 is 0 Å². The van der Waals surface area contributed by atoms with Crippen LogP contribution in [0.25, 0.3) is 0 Å². The van der Waals surface area contributed by atoms with Crippen molar-refractivity contribution in [3.63, 3.8) is 0 Å². The molecule has 0 spiro atoms. The molecule has 4 aliphatic carbocycles. The second kappa shape index (κ2) is 6.82. The number of hydrogen-bond donors (Lipinski definition) is 0. The molecule has 0 saturated heterocycles. The maximum absolute atomic E-state index is 12.1. The van der Waals surface area contributed by atoms with Gasteiger partial charge in [0.15, 0.2) is 0 Å². The minimum atomic E-state index is 0.0414. The van der Waals surface area contributed by atoms with Crippen molar-refractivity contribution in [3.8, 4) is 0 Å². The SMILES string of the molecule is CCOC(=O)C[C@H]1CC[C@H]2[C@@H]3CC[C@@H]4CC(C)(C)CC[C@@H]4[C@H]3CC[C@]12C. The highest BCUT2D eigenvalue weighted by molar-refractivity contribution is 5.69. The molecule has 148 valence electrons. The third-order valence-electron chi connectivity index (χ3n) is 9.40. The standard InChI is InChI=1S/C24H40O2/c1-5-26-22(25)14-17-7-9-21-20-8-6-16-15-23(2,3)12-10-18(16)19(20)11-13-24(17,21)4/h16-21H,5-15H2,1-4H3/t16-,17-,18+,19-,20-,21+,24-/m1/s1. The van der Waals surface area contributed by atoms with E-state index in [4.69, 9.17) is 4.74 Å². The van der Waals surface area contributed by atoms with Crippen LogP contribution < -0.4 is 0 Å². The zero-order valence-electron chi connectivity index (χ0n) is 17.6. The van der Waals surface area contributed by atoms with Gasteiger partial charge in [0.25, 0.3) is 0 Å². The third kappa shape index (κ3) is 3.14. The number of rotatable bonds is 3. The summed E-state index contributed by atoms with van der Waals surface area (Å²) in [6, 6.07) is 0. The molecule has 26 heavy (non-hydrogen) atoms. The molecule has 0 aromatic carbocycles. The molecule has 0 radical (unpaired) electrons. The number of ether oxygens (including phenoxy) is 1. The molecule has 2 heteroatoms. The van der Waals surface area contributed by atoms with Gasteiger partial charge < -0.3 is 4.74 Å². The molecule has 0 aromatic heterocycles. The molecule has 4 aliphatic rings. The summed E-state index contributed by atoms with van der Waals surface area (Å²) in [6.45, 7) is 9.96. The van der Waals surface area contributed by atoms with Gasteiger partial charge in [0, 0.05) is 6.42 Å². The molecule has 4 fully saturated rings. The zero-order chi connectivity index (χ0) is 18.5. The van der Waals surface area contributed by atoms with E-state index in [1.54, 1.807) is 0 Å². The maximum Gasteiger partial charge on any atom is 0.306 e. The predicted octanol–water partition coefficient (Wildman–Crippen LogP) is 6.23. The van der Waals surface area contributed by atoms with Gasteiger partial charge in [0.2, 0.25) is 0 Å². The van der Waals surface area contributed by atoms with Crippen molar-refractivity contribution in [2.45, 2.75) is 91.9 Å². The van der Waals surface area contributed by atoms with Gasteiger partial charge in [-0.1, -0.05) is 20.8 Å². The van der Waals surface area contributed by atoms with Crippen molar-refractivity contribution in [3.05, 3.63) is 0 Å². The first-order valence-electron chi connectivity index (χ1n) is 11.5. The Morgan fingerprint density at radius 3 is 2.46 bits per heavy atom. The van der Waals surface area contributed by atoms with E-state index in [0.29, 0.717) is 29.8 Å². The molecule has 4 rings (SSSR count). The Bertz CT molecular complexity index is 538. The molecule has 0 amide bonds. The molecular formula is C24H40O2. The summed E-state index contributed by atoms with van der Waals surface area (Å²) in [6.07, 6.45) is 13.4. The fourth-order valence-corrected chi connectivity index (χ4v) is 8.17. The van der Waals surface area contributed by atoms with Crippen molar-refractivity contribution >= 4 is 5.97 Å². The van der Waals surface area contributed by atoms with E-state index in [9.17, 15) is 4.79 Å². The molecule has 4 saturated carbocycles. The summed E-state index contributed by atoms with van der Waals surface area (Å²) in [5, 5.41) is 0. The molecular weight excluding hydrogens is 320 g/mol. The number of carbonyl (C=O) groups is 1. The number of esters is 1. The number of hydrogen-bond acceptors (Lipinski definition) is 2. The highest BCUT2D eigenvalue weighted by atomic mass is 16.5. The van der Waals surface area contributed by atoms with Gasteiger partial charge in [-0.05, 0) is 111 Å². The van der Waals surface area contributed by atoms with Crippen molar-refractivity contribution in [2.75, 3.05) is 6.61 Å². The lowest BCUT2D eigenvalue weighted by Gasteiger charge is -2.57. The Hall–Kier alpha value is -0.530. The summed E-state index contributed by atoms with van der Waals surface area (Å²) in [5.74, 6) is 5.43. The Kier molecular flexibility index (Phi) is 4.93. The van der Waals surface area contributed by atoms with Gasteiger partial charge >= 0.3 is 5.97 Å². The third-order valence-corrected chi connectivity index (χ3v) is 9.40. The smallest absolute Gasteiger partial charge is 0.306 e. The summed E-state index contributed by atoms with van der Waals surface area (Å²) in [7, 11) is 0. The van der Waals surface area contributed by atoms with E-state index >= 15 is 0 Å². The Morgan fingerprint density at radius 1 is 0.923 bits per heavy atom. The van der Waals surface area contributed by atoms with Crippen LogP contribution in [-0.2, 0) is 9.53 Å². The second-order valence-corrected chi connectivity index (χ2v) is 11.2. The summed E-state index contributed by atoms with van der Waals surface area (Å²) < 4.78 is 5.29. The van der Waals surface area contributed by atoms with E-state index in [1.165, 1.54) is 57.8 Å². The first kappa shape index (κ1) is 18.8. The van der Waals surface area contributed by atoms with Crippen molar-refractivity contribution in [2.24, 2.45) is 46.3 Å². The van der Waals surface area contributed by atoms with Crippen LogP contribution in [0.3, 0.4) is 0 Å². The normalized spacial score (nSPS) is 46.8. The second-order valence-electron chi connectivity index (χ2n) is 11.2. The van der Waals surface area contributed by atoms with Crippen LogP contribution in [0.4, 0.5) is 0 Å². The van der Waals surface area contributed by atoms with Gasteiger partial charge in [-0.25, -0.2) is 0 Å². The maximum atomic E-state index is 12.1. The van der Waals surface area contributed by atoms with Crippen LogP contribution in [0.15, 0.2) is 0 Å². The van der Waals surface area contributed by atoms with E-state index in [2.05, 4.69) is 20.8 Å². The highest BCUT2D eigenvalue weighted by Gasteiger charge is 2.57. The molecule has 0 unspecified atom stereocenters. The molecule has 7 atom stereocenters. The van der Waals surface area contributed by atoms with E-state index in [0.717, 1.165) is 29.6 Å². The molecule has 0 heterocycles. The Labute approximate surface area is 160 Å². The summed E-state index contributed by atoms with van der Waals surface area (Å²) in [5.41, 5.74) is 0.976. The van der Waals surface area contributed by atoms with E-state index in [-0.39, 0.29) is 5.97 Å². The summed E-state index contributed by atoms with van der Waals surface area (Å²) >= 11 is 0. The lowest BCUT2D eigenvalue weighted by Crippen LogP contribution is -2.49. The van der Waals surface area contributed by atoms with Crippen LogP contribution in [0.5, 0.6) is 0 Å². The minimum Gasteiger partial charge on any atom is -0.466 e. The average molecular weight is 361 g/mol. The van der Waals surface area contributed by atoms with Crippen LogP contribution in [0, 0.1) is 46.3 Å². The van der Waals surface area contributed by atoms with Crippen molar-refractivity contribution in [1.29, 1.82) is 0 Å². The summed E-state index contributed by atoms with van der Waals surface area (Å²) in [4.78, 5) is 12.1. The quantitative estimate of drug-likeness (QED) is 0.557. The monoisotopic (exact) mass is 360 g/mol. The van der Waals surface area contributed by atoms with E-state index in [1.807, 2.05) is 6.92 Å². The molecule has 0 aromatic rings. The van der Waals surface area contributed by atoms with Gasteiger partial charge in [-0.2, -0.15) is 0 Å². The fourth-order valence-electron chi connectivity index (χ4n) is 8.17. The van der Waals surface area contributed by atoms with Crippen molar-refractivity contribution < 1.29 is 9.53 Å². The van der Waals surface area contributed by atoms with Gasteiger partial charge in [0.1, 0.15) is 0 Å². The van der Waals surface area contributed by atoms with Crippen LogP contribution in [-0.4, -0.2) is 12.6 Å². The van der Waals surface area contributed by atoms with Gasteiger partial charge in [0.05, 0.1) is 6.61 Å². The largest absolute Gasteiger partial charge is 0.466 e. The average Bonchev–Trinajstić information content (AvgIpc) is 2.90. The Balaban J connectivity index is 1.47. The topological polar surface area (TPSA) is 26.3 Å². The lowest BCUT2D eigenvalue weighted by atomic mass is 9.48. The van der Waals surface area contributed by atoms with Crippen molar-refractivity contribution in [1.82, 2.24) is 0 Å². The number of carbonyl (C=O) groups excluding carboxylic acids is 1. The highest BCUT2D eigenvalue weighted by Crippen LogP contribution is 2.65. The van der Waals surface area contributed by atoms with Gasteiger partial charge in [-0.3, -0.25) is 4.79 Å². The number of fused-ring (bicyclic) bond motifs is 5. The molecule has 0 aliphatic heterocycles. The van der Waals surface area contributed by atoms with Crippen LogP contribution in [0.2, 0.25) is 0 Å². The Morgan fingerprint density at radius 2 is 1.69 bits per heavy atom. The first-order chi connectivity index (χ1) is 12.3.